The van der Waals surface area contributed by atoms with Gasteiger partial charge in [-0.25, -0.2) is 0 Å². The number of ether oxygens (including phenoxy) is 1. The second kappa shape index (κ2) is 4.28. The third kappa shape index (κ3) is 2.68. The molecule has 0 aliphatic heterocycles. The number of hydrogen-bond acceptors (Lipinski definition) is 3. The number of hydrogen-bond donors (Lipinski definition) is 1. The Morgan fingerprint density at radius 2 is 2.17 bits per heavy atom. The monoisotopic (exact) mass is 169 g/mol. The molecule has 0 fully saturated rings. The average Bonchev–Trinajstić information content (AvgIpc) is 2.36. The molecule has 1 unspecified atom stereocenters. The van der Waals surface area contributed by atoms with E-state index in [1.165, 1.54) is 0 Å². The molecule has 0 saturated heterocycles. The van der Waals surface area contributed by atoms with Gasteiger partial charge in [-0.15, -0.1) is 0 Å². The van der Waals surface area contributed by atoms with E-state index >= 15 is 0 Å². The van der Waals surface area contributed by atoms with E-state index in [9.17, 15) is 0 Å². The van der Waals surface area contributed by atoms with Crippen LogP contribution in [0.4, 0.5) is 0 Å². The molecule has 68 valence electrons. The second-order valence-corrected chi connectivity index (χ2v) is 2.98. The summed E-state index contributed by atoms with van der Waals surface area (Å²) >= 11 is 0. The van der Waals surface area contributed by atoms with Gasteiger partial charge in [0.2, 0.25) is 0 Å². The molecular formula is C9H15NO2. The van der Waals surface area contributed by atoms with Crippen LogP contribution in [-0.4, -0.2) is 13.2 Å². The zero-order valence-electron chi connectivity index (χ0n) is 7.54. The molecule has 3 nitrogen and oxygen atoms in total. The molecule has 0 aliphatic rings. The smallest absolute Gasteiger partial charge is 0.129 e. The van der Waals surface area contributed by atoms with Crippen LogP contribution in [0.5, 0.6) is 0 Å². The van der Waals surface area contributed by atoms with Gasteiger partial charge in [0.05, 0.1) is 0 Å². The minimum absolute atomic E-state index is 0.145. The van der Waals surface area contributed by atoms with E-state index in [1.807, 2.05) is 19.1 Å². The highest BCUT2D eigenvalue weighted by Crippen LogP contribution is 2.10. The molecule has 0 spiro atoms. The lowest BCUT2D eigenvalue weighted by Crippen LogP contribution is -2.17. The molecule has 0 amide bonds. The Morgan fingerprint density at radius 1 is 1.50 bits per heavy atom. The number of methoxy groups -OCH3 is 1. The highest BCUT2D eigenvalue weighted by molar-refractivity contribution is 5.07. The molecule has 1 aromatic heterocycles. The predicted molar refractivity (Wildman–Crippen MR) is 46.8 cm³/mol. The lowest BCUT2D eigenvalue weighted by Gasteiger charge is -2.00. The first-order valence-corrected chi connectivity index (χ1v) is 4.04. The van der Waals surface area contributed by atoms with E-state index in [2.05, 4.69) is 0 Å². The number of furan rings is 1. The van der Waals surface area contributed by atoms with Crippen molar-refractivity contribution in [3.8, 4) is 0 Å². The molecule has 1 heterocycles. The maximum Gasteiger partial charge on any atom is 0.129 e. The van der Waals surface area contributed by atoms with Crippen LogP contribution in [0.1, 0.15) is 18.4 Å². The summed E-state index contributed by atoms with van der Waals surface area (Å²) in [4.78, 5) is 0. The van der Waals surface area contributed by atoms with Gasteiger partial charge in [0.25, 0.3) is 0 Å². The highest BCUT2D eigenvalue weighted by atomic mass is 16.5. The topological polar surface area (TPSA) is 48.4 Å². The van der Waals surface area contributed by atoms with Gasteiger partial charge in [0, 0.05) is 19.6 Å². The van der Waals surface area contributed by atoms with Crippen molar-refractivity contribution < 1.29 is 9.15 Å². The van der Waals surface area contributed by atoms with E-state index < -0.39 is 0 Å². The van der Waals surface area contributed by atoms with Crippen LogP contribution >= 0.6 is 0 Å². The molecular weight excluding hydrogens is 154 g/mol. The van der Waals surface area contributed by atoms with Gasteiger partial charge in [-0.2, -0.15) is 0 Å². The van der Waals surface area contributed by atoms with E-state index in [1.54, 1.807) is 7.11 Å². The van der Waals surface area contributed by atoms with Crippen LogP contribution in [0, 0.1) is 0 Å². The van der Waals surface area contributed by atoms with Crippen molar-refractivity contribution in [3.05, 3.63) is 23.7 Å². The molecule has 1 aromatic rings. The lowest BCUT2D eigenvalue weighted by atomic mass is 10.2. The van der Waals surface area contributed by atoms with Crippen LogP contribution < -0.4 is 5.73 Å². The fraction of sp³-hybridized carbons (Fsp3) is 0.556. The molecule has 3 heteroatoms. The largest absolute Gasteiger partial charge is 0.464 e. The Bertz CT molecular complexity index is 230. The van der Waals surface area contributed by atoms with Crippen LogP contribution in [0.15, 0.2) is 16.5 Å². The average molecular weight is 169 g/mol. The fourth-order valence-electron chi connectivity index (χ4n) is 1.07. The molecule has 12 heavy (non-hydrogen) atoms. The van der Waals surface area contributed by atoms with Crippen LogP contribution in [0.25, 0.3) is 0 Å². The van der Waals surface area contributed by atoms with Gasteiger partial charge in [0.15, 0.2) is 0 Å². The molecule has 0 aliphatic carbocycles. The van der Waals surface area contributed by atoms with Crippen LogP contribution in [-0.2, 0) is 17.8 Å². The van der Waals surface area contributed by atoms with Crippen molar-refractivity contribution in [3.63, 3.8) is 0 Å². The molecule has 2 N–H and O–H groups in total. The first-order valence-electron chi connectivity index (χ1n) is 4.04. The van der Waals surface area contributed by atoms with Gasteiger partial charge < -0.3 is 14.9 Å². The van der Waals surface area contributed by atoms with Crippen molar-refractivity contribution in [1.29, 1.82) is 0 Å². The fourth-order valence-corrected chi connectivity index (χ4v) is 1.07. The molecule has 0 saturated carbocycles. The van der Waals surface area contributed by atoms with Gasteiger partial charge in [0.1, 0.15) is 18.1 Å². The maximum absolute atomic E-state index is 5.62. The molecule has 0 aromatic carbocycles. The summed E-state index contributed by atoms with van der Waals surface area (Å²) < 4.78 is 10.4. The Morgan fingerprint density at radius 3 is 2.75 bits per heavy atom. The minimum Gasteiger partial charge on any atom is -0.464 e. The summed E-state index contributed by atoms with van der Waals surface area (Å²) in [6.07, 6.45) is 0.781. The Labute approximate surface area is 72.5 Å². The quantitative estimate of drug-likeness (QED) is 0.739. The summed E-state index contributed by atoms with van der Waals surface area (Å²) in [6, 6.07) is 4.00. The van der Waals surface area contributed by atoms with Crippen LogP contribution in [0.3, 0.4) is 0 Å². The first-order chi connectivity index (χ1) is 5.72. The van der Waals surface area contributed by atoms with E-state index in [0.29, 0.717) is 6.61 Å². The van der Waals surface area contributed by atoms with Crippen molar-refractivity contribution >= 4 is 0 Å². The third-order valence-electron chi connectivity index (χ3n) is 1.53. The van der Waals surface area contributed by atoms with Crippen molar-refractivity contribution in [2.75, 3.05) is 7.11 Å². The van der Waals surface area contributed by atoms with E-state index in [-0.39, 0.29) is 6.04 Å². The first kappa shape index (κ1) is 9.29. The summed E-state index contributed by atoms with van der Waals surface area (Å²) in [6.45, 7) is 2.48. The number of rotatable bonds is 4. The lowest BCUT2D eigenvalue weighted by molar-refractivity contribution is 0.162. The van der Waals surface area contributed by atoms with Gasteiger partial charge in [-0.1, -0.05) is 0 Å². The predicted octanol–water partition coefficient (Wildman–Crippen LogP) is 1.32. The Balaban J connectivity index is 2.52. The van der Waals surface area contributed by atoms with Crippen LogP contribution in [0.2, 0.25) is 0 Å². The normalized spacial score (nSPS) is 13.2. The molecule has 0 radical (unpaired) electrons. The van der Waals surface area contributed by atoms with Crippen molar-refractivity contribution in [1.82, 2.24) is 0 Å². The zero-order chi connectivity index (χ0) is 8.97. The third-order valence-corrected chi connectivity index (χ3v) is 1.53. The van der Waals surface area contributed by atoms with Gasteiger partial charge in [-0.3, -0.25) is 0 Å². The van der Waals surface area contributed by atoms with Crippen molar-refractivity contribution in [2.24, 2.45) is 5.73 Å². The van der Waals surface area contributed by atoms with E-state index in [4.69, 9.17) is 14.9 Å². The second-order valence-electron chi connectivity index (χ2n) is 2.98. The summed E-state index contributed by atoms with van der Waals surface area (Å²) in [5.41, 5.74) is 5.62. The minimum atomic E-state index is 0.145. The summed E-state index contributed by atoms with van der Waals surface area (Å²) in [7, 11) is 1.65. The maximum atomic E-state index is 5.62. The molecule has 1 rings (SSSR count). The van der Waals surface area contributed by atoms with E-state index in [0.717, 1.165) is 17.9 Å². The zero-order valence-corrected chi connectivity index (χ0v) is 7.54. The van der Waals surface area contributed by atoms with Gasteiger partial charge in [-0.05, 0) is 19.1 Å². The molecule has 0 bridgehead atoms. The standard InChI is InChI=1S/C9H15NO2/c1-7(10)5-8-3-4-9(12-8)6-11-2/h3-4,7H,5-6,10H2,1-2H3. The Hall–Kier alpha value is -0.800. The SMILES string of the molecule is COCc1ccc(CC(C)N)o1. The van der Waals surface area contributed by atoms with Gasteiger partial charge >= 0.3 is 0 Å². The Kier molecular flexibility index (Phi) is 3.31. The summed E-state index contributed by atoms with van der Waals surface area (Å²) in [5.74, 6) is 1.78. The highest BCUT2D eigenvalue weighted by Gasteiger charge is 2.03. The molecule has 1 atom stereocenters. The number of nitrogens with two attached hydrogens (primary N) is 1. The van der Waals surface area contributed by atoms with Crippen molar-refractivity contribution in [2.45, 2.75) is 26.0 Å². The summed E-state index contributed by atoms with van der Waals surface area (Å²) in [5, 5.41) is 0.